The molecule has 10 heavy (non-hydrogen) atoms. The van der Waals surface area contributed by atoms with Gasteiger partial charge >= 0.3 is 0 Å². The maximum atomic E-state index is 2.42. The van der Waals surface area contributed by atoms with Crippen molar-refractivity contribution in [2.24, 2.45) is 0 Å². The van der Waals surface area contributed by atoms with E-state index >= 15 is 0 Å². The van der Waals surface area contributed by atoms with Crippen LogP contribution in [-0.4, -0.2) is 16.6 Å². The van der Waals surface area contributed by atoms with Crippen molar-refractivity contribution in [1.29, 1.82) is 0 Å². The lowest BCUT2D eigenvalue weighted by Crippen LogP contribution is -2.38. The smallest absolute Gasteiger partial charge is 0.0393 e. The molecule has 0 heterocycles. The van der Waals surface area contributed by atoms with Gasteiger partial charge in [-0.3, -0.25) is 0 Å². The van der Waals surface area contributed by atoms with Gasteiger partial charge in [-0.1, -0.05) is 51.9 Å². The average Bonchev–Trinajstić information content (AvgIpc) is 2.01. The first kappa shape index (κ1) is 10.4. The number of hydrogen-bond acceptors (Lipinski definition) is 0. The van der Waals surface area contributed by atoms with E-state index in [0.29, 0.717) is 9.04 Å². The van der Waals surface area contributed by atoms with E-state index in [1.807, 2.05) is 0 Å². The first-order valence-electron chi connectivity index (χ1n) is 4.74. The molecule has 0 bridgehead atoms. The summed E-state index contributed by atoms with van der Waals surface area (Å²) in [5, 5.41) is 0. The van der Waals surface area contributed by atoms with Crippen LogP contribution >= 0.6 is 0 Å². The monoisotopic (exact) mass is 174 g/mol. The van der Waals surface area contributed by atoms with Gasteiger partial charge in [0.05, 0.1) is 0 Å². The molecule has 0 aliphatic heterocycles. The summed E-state index contributed by atoms with van der Waals surface area (Å²) in [6.07, 6.45) is 0. The van der Waals surface area contributed by atoms with E-state index in [0.717, 1.165) is 0 Å². The SMILES string of the molecule is CC[SiH2][Si](CC)(CC)CC. The van der Waals surface area contributed by atoms with Gasteiger partial charge in [-0.05, 0) is 0 Å². The van der Waals surface area contributed by atoms with Crippen molar-refractivity contribution in [2.45, 2.75) is 51.9 Å². The van der Waals surface area contributed by atoms with Crippen molar-refractivity contribution >= 4 is 16.6 Å². The maximum absolute atomic E-state index is 2.42. The molecule has 0 saturated heterocycles. The second-order valence-corrected chi connectivity index (χ2v) is 15.9. The highest BCUT2D eigenvalue weighted by atomic mass is 29.2. The van der Waals surface area contributed by atoms with Crippen LogP contribution in [0.1, 0.15) is 27.7 Å². The highest BCUT2D eigenvalue weighted by Crippen LogP contribution is 2.19. The van der Waals surface area contributed by atoms with E-state index in [1.54, 1.807) is 24.2 Å². The van der Waals surface area contributed by atoms with Crippen molar-refractivity contribution in [3.63, 3.8) is 0 Å². The minimum Gasteiger partial charge on any atom is -0.0685 e. The largest absolute Gasteiger partial charge is 0.0685 e. The number of hydrogen-bond donors (Lipinski definition) is 0. The Hall–Kier alpha value is 0.434. The van der Waals surface area contributed by atoms with Crippen LogP contribution in [0.5, 0.6) is 0 Å². The van der Waals surface area contributed by atoms with Crippen LogP contribution < -0.4 is 0 Å². The van der Waals surface area contributed by atoms with Crippen molar-refractivity contribution < 1.29 is 0 Å². The molecule has 0 nitrogen and oxygen atoms in total. The Morgan fingerprint density at radius 1 is 0.900 bits per heavy atom. The fraction of sp³-hybridized carbons (Fsp3) is 1.00. The predicted molar refractivity (Wildman–Crippen MR) is 56.2 cm³/mol. The van der Waals surface area contributed by atoms with Crippen molar-refractivity contribution in [2.75, 3.05) is 0 Å². The molecule has 62 valence electrons. The van der Waals surface area contributed by atoms with Gasteiger partial charge in [-0.25, -0.2) is 0 Å². The van der Waals surface area contributed by atoms with Crippen molar-refractivity contribution in [3.8, 4) is 0 Å². The topological polar surface area (TPSA) is 0 Å². The Bertz CT molecular complexity index is 69.1. The molecule has 0 fully saturated rings. The first-order valence-corrected chi connectivity index (χ1v) is 10.7. The van der Waals surface area contributed by atoms with E-state index in [-0.39, 0.29) is 0 Å². The normalized spacial score (nSPS) is 13.2. The molecule has 0 rings (SSSR count). The highest BCUT2D eigenvalue weighted by Gasteiger charge is 2.24. The summed E-state index contributed by atoms with van der Waals surface area (Å²) >= 11 is 0. The zero-order chi connectivity index (χ0) is 8.04. The van der Waals surface area contributed by atoms with E-state index in [2.05, 4.69) is 27.7 Å². The van der Waals surface area contributed by atoms with Gasteiger partial charge < -0.3 is 0 Å². The quantitative estimate of drug-likeness (QED) is 0.562. The van der Waals surface area contributed by atoms with Crippen LogP contribution in [0.25, 0.3) is 0 Å². The summed E-state index contributed by atoms with van der Waals surface area (Å²) in [7, 11) is -0.211. The third kappa shape index (κ3) is 2.58. The molecule has 0 radical (unpaired) electrons. The lowest BCUT2D eigenvalue weighted by Gasteiger charge is -2.26. The Morgan fingerprint density at radius 2 is 1.30 bits per heavy atom. The predicted octanol–water partition coefficient (Wildman–Crippen LogP) is 2.60. The summed E-state index contributed by atoms with van der Waals surface area (Å²) in [4.78, 5) is 0. The molecular formula is C8H22Si2. The van der Waals surface area contributed by atoms with Crippen LogP contribution in [0.3, 0.4) is 0 Å². The lowest BCUT2D eigenvalue weighted by atomic mass is 10.9. The Morgan fingerprint density at radius 3 is 1.40 bits per heavy atom. The van der Waals surface area contributed by atoms with E-state index in [4.69, 9.17) is 0 Å². The summed E-state index contributed by atoms with van der Waals surface area (Å²) in [6, 6.07) is 6.21. The second kappa shape index (κ2) is 5.13. The Kier molecular flexibility index (Phi) is 5.36. The van der Waals surface area contributed by atoms with E-state index in [1.165, 1.54) is 0 Å². The molecule has 0 aromatic rings. The molecule has 0 unspecified atom stereocenters. The summed E-state index contributed by atoms with van der Waals surface area (Å²) in [5.41, 5.74) is 0. The lowest BCUT2D eigenvalue weighted by molar-refractivity contribution is 1.21. The molecular weight excluding hydrogens is 152 g/mol. The van der Waals surface area contributed by atoms with Gasteiger partial charge in [0, 0.05) is 16.6 Å². The molecule has 0 aromatic carbocycles. The first-order chi connectivity index (χ1) is 4.74. The molecule has 0 spiro atoms. The van der Waals surface area contributed by atoms with Crippen molar-refractivity contribution in [3.05, 3.63) is 0 Å². The third-order valence-corrected chi connectivity index (χ3v) is 18.3. The van der Waals surface area contributed by atoms with Gasteiger partial charge in [0.2, 0.25) is 0 Å². The van der Waals surface area contributed by atoms with Gasteiger partial charge in [0.15, 0.2) is 0 Å². The summed E-state index contributed by atoms with van der Waals surface area (Å²) < 4.78 is 0. The van der Waals surface area contributed by atoms with Crippen LogP contribution in [0.4, 0.5) is 0 Å². The third-order valence-electron chi connectivity index (χ3n) is 3.03. The Labute approximate surface area is 69.0 Å². The molecule has 0 N–H and O–H groups in total. The standard InChI is InChI=1S/C8H22Si2/c1-5-9-10(6-2,7-3)8-4/h5-9H2,1-4H3. The molecule has 0 saturated carbocycles. The average molecular weight is 174 g/mol. The molecule has 0 aliphatic carbocycles. The zero-order valence-corrected chi connectivity index (χ0v) is 10.4. The molecule has 2 heteroatoms. The highest BCUT2D eigenvalue weighted by molar-refractivity contribution is 7.24. The molecule has 0 aliphatic rings. The molecule has 0 aromatic heterocycles. The fourth-order valence-electron chi connectivity index (χ4n) is 1.81. The van der Waals surface area contributed by atoms with Crippen LogP contribution in [0.2, 0.25) is 24.2 Å². The summed E-state index contributed by atoms with van der Waals surface area (Å²) in [6.45, 7) is 9.64. The maximum Gasteiger partial charge on any atom is 0.0393 e. The van der Waals surface area contributed by atoms with Crippen LogP contribution in [-0.2, 0) is 0 Å². The zero-order valence-electron chi connectivity index (χ0n) is 8.04. The van der Waals surface area contributed by atoms with Gasteiger partial charge in [0.25, 0.3) is 0 Å². The van der Waals surface area contributed by atoms with Crippen molar-refractivity contribution in [1.82, 2.24) is 0 Å². The van der Waals surface area contributed by atoms with Crippen LogP contribution in [0.15, 0.2) is 0 Å². The summed E-state index contributed by atoms with van der Waals surface area (Å²) in [5.74, 6) is 0. The van der Waals surface area contributed by atoms with Gasteiger partial charge in [0.1, 0.15) is 0 Å². The molecule has 0 atom stereocenters. The number of rotatable bonds is 5. The van der Waals surface area contributed by atoms with Crippen LogP contribution in [0, 0.1) is 0 Å². The van der Waals surface area contributed by atoms with Gasteiger partial charge in [-0.15, -0.1) is 0 Å². The molecule has 0 amide bonds. The minimum atomic E-state index is -0.579. The minimum absolute atomic E-state index is 0.368. The van der Waals surface area contributed by atoms with E-state index < -0.39 is 7.59 Å². The van der Waals surface area contributed by atoms with Gasteiger partial charge in [-0.2, -0.15) is 0 Å². The Balaban J connectivity index is 3.87. The fourth-order valence-corrected chi connectivity index (χ4v) is 11.8. The van der Waals surface area contributed by atoms with E-state index in [9.17, 15) is 0 Å². The second-order valence-electron chi connectivity index (χ2n) is 3.31.